The van der Waals surface area contributed by atoms with Crippen LogP contribution in [0.4, 0.5) is 11.5 Å². The predicted octanol–water partition coefficient (Wildman–Crippen LogP) is 3.37. The number of rotatable bonds is 7. The molecule has 0 saturated heterocycles. The Morgan fingerprint density at radius 3 is 2.48 bits per heavy atom. The van der Waals surface area contributed by atoms with Gasteiger partial charge >= 0.3 is 0 Å². The fourth-order valence-corrected chi connectivity index (χ4v) is 2.03. The molecule has 1 atom stereocenters. The van der Waals surface area contributed by atoms with Crippen molar-refractivity contribution in [2.75, 3.05) is 19.4 Å². The fraction of sp³-hybridized carbons (Fsp3) is 0.278. The molecule has 1 unspecified atom stereocenters. The molecule has 1 heterocycles. The summed E-state index contributed by atoms with van der Waals surface area (Å²) in [4.78, 5) is 18.5. The van der Waals surface area contributed by atoms with E-state index in [-0.39, 0.29) is 17.5 Å². The van der Waals surface area contributed by atoms with E-state index in [2.05, 4.69) is 10.3 Å². The van der Waals surface area contributed by atoms with Crippen molar-refractivity contribution in [2.24, 2.45) is 0 Å². The van der Waals surface area contributed by atoms with Gasteiger partial charge in [0.2, 0.25) is 5.78 Å². The van der Waals surface area contributed by atoms with Gasteiger partial charge in [0.15, 0.2) is 0 Å². The lowest BCUT2D eigenvalue weighted by molar-refractivity contribution is 0.106. The highest BCUT2D eigenvalue weighted by molar-refractivity contribution is 6.45. The number of aromatic nitrogens is 1. The number of benzene rings is 1. The van der Waals surface area contributed by atoms with Crippen LogP contribution >= 0.6 is 0 Å². The Kier molecular flexibility index (Phi) is 5.60. The lowest BCUT2D eigenvalue weighted by Gasteiger charge is -2.19. The minimum Gasteiger partial charge on any atom is -0.340 e. The highest BCUT2D eigenvalue weighted by Gasteiger charge is 2.16. The molecule has 0 radical (unpaired) electrons. The normalized spacial score (nSPS) is 12.0. The van der Waals surface area contributed by atoms with Gasteiger partial charge in [-0.25, -0.2) is 4.98 Å². The minimum atomic E-state index is -0.219. The molecule has 0 saturated carbocycles. The molecule has 0 aliphatic heterocycles. The van der Waals surface area contributed by atoms with Gasteiger partial charge in [0.25, 0.3) is 0 Å². The predicted molar refractivity (Wildman–Crippen MR) is 93.8 cm³/mol. The van der Waals surface area contributed by atoms with E-state index in [9.17, 15) is 4.79 Å². The van der Waals surface area contributed by atoms with Crippen LogP contribution in [0, 0.1) is 5.41 Å². The van der Waals surface area contributed by atoms with Crippen LogP contribution in [0.2, 0.25) is 0 Å². The average Bonchev–Trinajstić information content (AvgIpc) is 2.55. The Morgan fingerprint density at radius 1 is 1.22 bits per heavy atom. The SMILES string of the molecule is CC(CC(=N)C(=O)c1ccc(Nc2ccccn2)cc1)N(C)C. The van der Waals surface area contributed by atoms with E-state index in [1.54, 1.807) is 18.3 Å². The molecule has 0 aliphatic rings. The minimum absolute atomic E-state index is 0.136. The smallest absolute Gasteiger partial charge is 0.206 e. The molecule has 1 aromatic carbocycles. The second-order valence-electron chi connectivity index (χ2n) is 5.74. The third kappa shape index (κ3) is 4.72. The first-order chi connectivity index (χ1) is 11.0. The second-order valence-corrected chi connectivity index (χ2v) is 5.74. The number of nitrogens with zero attached hydrogens (tertiary/aromatic N) is 2. The first kappa shape index (κ1) is 16.8. The van der Waals surface area contributed by atoms with Crippen LogP contribution < -0.4 is 5.32 Å². The van der Waals surface area contributed by atoms with Crippen molar-refractivity contribution in [3.8, 4) is 0 Å². The largest absolute Gasteiger partial charge is 0.340 e. The number of hydrogen-bond acceptors (Lipinski definition) is 5. The van der Waals surface area contributed by atoms with Crippen molar-refractivity contribution in [3.05, 3.63) is 54.2 Å². The number of carbonyl (C=O) groups excluding carboxylic acids is 1. The number of carbonyl (C=O) groups is 1. The van der Waals surface area contributed by atoms with Gasteiger partial charge in [-0.2, -0.15) is 0 Å². The van der Waals surface area contributed by atoms with Gasteiger partial charge in [0.1, 0.15) is 5.82 Å². The third-order valence-electron chi connectivity index (χ3n) is 3.74. The molecule has 0 aliphatic carbocycles. The van der Waals surface area contributed by atoms with E-state index >= 15 is 0 Å². The van der Waals surface area contributed by atoms with E-state index in [0.29, 0.717) is 12.0 Å². The summed E-state index contributed by atoms with van der Waals surface area (Å²) in [6, 6.07) is 12.9. The summed E-state index contributed by atoms with van der Waals surface area (Å²) in [5.74, 6) is 0.530. The monoisotopic (exact) mass is 310 g/mol. The van der Waals surface area contributed by atoms with E-state index in [0.717, 1.165) is 11.5 Å². The van der Waals surface area contributed by atoms with Gasteiger partial charge in [-0.15, -0.1) is 0 Å². The van der Waals surface area contributed by atoms with Crippen molar-refractivity contribution in [1.82, 2.24) is 9.88 Å². The molecule has 0 bridgehead atoms. The average molecular weight is 310 g/mol. The fourth-order valence-electron chi connectivity index (χ4n) is 2.03. The highest BCUT2D eigenvalue weighted by Crippen LogP contribution is 2.16. The Morgan fingerprint density at radius 2 is 1.91 bits per heavy atom. The van der Waals surface area contributed by atoms with Gasteiger partial charge in [-0.1, -0.05) is 6.07 Å². The van der Waals surface area contributed by atoms with Crippen LogP contribution in [0.15, 0.2) is 48.7 Å². The number of nitrogens with one attached hydrogen (secondary N) is 2. The van der Waals surface area contributed by atoms with Gasteiger partial charge < -0.3 is 15.6 Å². The van der Waals surface area contributed by atoms with E-state index in [4.69, 9.17) is 5.41 Å². The van der Waals surface area contributed by atoms with Crippen LogP contribution in [0.25, 0.3) is 0 Å². The quantitative estimate of drug-likeness (QED) is 0.608. The van der Waals surface area contributed by atoms with Crippen LogP contribution in [-0.2, 0) is 0 Å². The topological polar surface area (TPSA) is 69.1 Å². The molecule has 1 aromatic heterocycles. The summed E-state index contributed by atoms with van der Waals surface area (Å²) in [6.07, 6.45) is 2.16. The maximum absolute atomic E-state index is 12.3. The van der Waals surface area contributed by atoms with Gasteiger partial charge in [0.05, 0.1) is 5.71 Å². The van der Waals surface area contributed by atoms with E-state index in [1.165, 1.54) is 0 Å². The molecule has 2 N–H and O–H groups in total. The van der Waals surface area contributed by atoms with E-state index < -0.39 is 0 Å². The molecule has 23 heavy (non-hydrogen) atoms. The summed E-state index contributed by atoms with van der Waals surface area (Å²) >= 11 is 0. The van der Waals surface area contributed by atoms with Crippen LogP contribution in [0.1, 0.15) is 23.7 Å². The highest BCUT2D eigenvalue weighted by atomic mass is 16.1. The summed E-state index contributed by atoms with van der Waals surface area (Å²) in [6.45, 7) is 2.00. The molecular weight excluding hydrogens is 288 g/mol. The summed E-state index contributed by atoms with van der Waals surface area (Å²) < 4.78 is 0. The Bertz CT molecular complexity index is 665. The maximum atomic E-state index is 12.3. The van der Waals surface area contributed by atoms with Gasteiger partial charge in [0, 0.05) is 29.9 Å². The van der Waals surface area contributed by atoms with Crippen molar-refractivity contribution in [2.45, 2.75) is 19.4 Å². The molecule has 120 valence electrons. The number of anilines is 2. The number of hydrogen-bond donors (Lipinski definition) is 2. The van der Waals surface area contributed by atoms with Crippen molar-refractivity contribution in [3.63, 3.8) is 0 Å². The summed E-state index contributed by atoms with van der Waals surface area (Å²) in [7, 11) is 3.89. The van der Waals surface area contributed by atoms with Gasteiger partial charge in [-0.3, -0.25) is 4.79 Å². The molecule has 2 rings (SSSR count). The second kappa shape index (κ2) is 7.65. The Hall–Kier alpha value is -2.53. The van der Waals surface area contributed by atoms with E-state index in [1.807, 2.05) is 56.3 Å². The zero-order chi connectivity index (χ0) is 16.8. The molecule has 2 aromatic rings. The summed E-state index contributed by atoms with van der Waals surface area (Å²) in [5, 5.41) is 11.2. The van der Waals surface area contributed by atoms with Crippen molar-refractivity contribution < 1.29 is 4.79 Å². The Labute approximate surface area is 136 Å². The number of ketones is 1. The first-order valence-electron chi connectivity index (χ1n) is 7.54. The molecule has 5 nitrogen and oxygen atoms in total. The molecule has 0 amide bonds. The zero-order valence-electron chi connectivity index (χ0n) is 13.7. The van der Waals surface area contributed by atoms with Crippen LogP contribution in [0.3, 0.4) is 0 Å². The molecule has 0 spiro atoms. The number of pyridine rings is 1. The zero-order valence-corrected chi connectivity index (χ0v) is 13.7. The van der Waals surface area contributed by atoms with Crippen molar-refractivity contribution in [1.29, 1.82) is 5.41 Å². The maximum Gasteiger partial charge on any atom is 0.206 e. The third-order valence-corrected chi connectivity index (χ3v) is 3.74. The molecular formula is C18H22N4O. The summed E-state index contributed by atoms with van der Waals surface area (Å²) in [5.41, 5.74) is 1.53. The van der Waals surface area contributed by atoms with Crippen LogP contribution in [-0.4, -0.2) is 41.5 Å². The Balaban J connectivity index is 2.01. The van der Waals surface area contributed by atoms with Gasteiger partial charge in [-0.05, 0) is 57.4 Å². The lowest BCUT2D eigenvalue weighted by Crippen LogP contribution is -2.29. The first-order valence-corrected chi connectivity index (χ1v) is 7.54. The van der Waals surface area contributed by atoms with Crippen LogP contribution in [0.5, 0.6) is 0 Å². The lowest BCUT2D eigenvalue weighted by atomic mass is 10.0. The molecule has 0 fully saturated rings. The standard InChI is InChI=1S/C18H22N4O/c1-13(22(2)3)12-16(19)18(23)14-7-9-15(10-8-14)21-17-6-4-5-11-20-17/h4-11,13,19H,12H2,1-3H3,(H,20,21). The number of Topliss-reactive ketones (excluding diaryl/α,β-unsaturated/α-hetero) is 1. The van der Waals surface area contributed by atoms with Crippen molar-refractivity contribution >= 4 is 23.0 Å². The molecule has 5 heteroatoms.